The Kier molecular flexibility index (Phi) is 7.08. The third-order valence-corrected chi connectivity index (χ3v) is 6.62. The van der Waals surface area contributed by atoms with E-state index in [2.05, 4.69) is 47.1 Å². The molecule has 1 saturated carbocycles. The van der Waals surface area contributed by atoms with E-state index >= 15 is 0 Å². The van der Waals surface area contributed by atoms with Crippen LogP contribution in [0.2, 0.25) is 0 Å². The molecular weight excluding hydrogens is 424 g/mol. The molecule has 0 spiro atoms. The van der Waals surface area contributed by atoms with E-state index in [0.717, 1.165) is 58.2 Å². The number of hydrogen-bond acceptors (Lipinski definition) is 4. The number of rotatable bonds is 6. The van der Waals surface area contributed by atoms with Crippen LogP contribution in [0, 0.1) is 5.92 Å². The van der Waals surface area contributed by atoms with E-state index in [4.69, 9.17) is 4.74 Å². The zero-order valence-electron chi connectivity index (χ0n) is 21.2. The van der Waals surface area contributed by atoms with Crippen LogP contribution in [0.3, 0.4) is 0 Å². The van der Waals surface area contributed by atoms with Crippen LogP contribution in [0.1, 0.15) is 39.7 Å². The fourth-order valence-electron chi connectivity index (χ4n) is 4.71. The Morgan fingerprint density at radius 3 is 2.38 bits per heavy atom. The minimum atomic E-state index is 0.0517. The number of likely N-dealkylation sites (N-methyl/N-ethyl adjacent to an activating group) is 1. The largest absolute Gasteiger partial charge is 0.492 e. The molecule has 6 heteroatoms. The third kappa shape index (κ3) is 4.47. The zero-order chi connectivity index (χ0) is 24.4. The molecule has 2 aromatic carbocycles. The second kappa shape index (κ2) is 10.0. The first-order valence-corrected chi connectivity index (χ1v) is 12.3. The van der Waals surface area contributed by atoms with Gasteiger partial charge in [-0.1, -0.05) is 39.0 Å². The summed E-state index contributed by atoms with van der Waals surface area (Å²) in [5.41, 5.74) is 5.09. The van der Waals surface area contributed by atoms with Crippen molar-refractivity contribution in [2.75, 3.05) is 27.2 Å². The molecule has 180 valence electrons. The number of fused-ring (bicyclic) bond motifs is 3. The van der Waals surface area contributed by atoms with Crippen LogP contribution in [0.15, 0.2) is 53.5 Å². The maximum absolute atomic E-state index is 13.1. The fraction of sp³-hybridized carbons (Fsp3) is 0.429. The SMILES string of the molecule is CC.CC1CC(n2c(=O)n(C)c3cnc4ccc(-c5ccc(OCCN(C)C)cc5)cc4c32)C1. The molecular formula is C28H36N4O2. The van der Waals surface area contributed by atoms with Gasteiger partial charge in [0.1, 0.15) is 12.4 Å². The molecule has 2 heterocycles. The Morgan fingerprint density at radius 2 is 1.74 bits per heavy atom. The molecule has 1 aliphatic carbocycles. The van der Waals surface area contributed by atoms with Gasteiger partial charge in [-0.25, -0.2) is 4.79 Å². The number of benzene rings is 2. The number of ether oxygens (including phenoxy) is 1. The number of aryl methyl sites for hydroxylation is 1. The second-order valence-corrected chi connectivity index (χ2v) is 9.34. The molecule has 0 unspecified atom stereocenters. The van der Waals surface area contributed by atoms with Crippen molar-refractivity contribution in [3.63, 3.8) is 0 Å². The maximum Gasteiger partial charge on any atom is 0.329 e. The first-order chi connectivity index (χ1) is 16.4. The molecule has 6 nitrogen and oxygen atoms in total. The predicted octanol–water partition coefficient (Wildman–Crippen LogP) is 5.49. The van der Waals surface area contributed by atoms with Crippen LogP contribution in [-0.2, 0) is 7.05 Å². The highest BCUT2D eigenvalue weighted by Gasteiger charge is 2.31. The average molecular weight is 461 g/mol. The van der Waals surface area contributed by atoms with Crippen molar-refractivity contribution in [1.82, 2.24) is 19.0 Å². The molecule has 5 rings (SSSR count). The Labute approximate surface area is 201 Å². The topological polar surface area (TPSA) is 52.3 Å². The van der Waals surface area contributed by atoms with Crippen LogP contribution in [-0.4, -0.2) is 46.3 Å². The van der Waals surface area contributed by atoms with Gasteiger partial charge in [0, 0.05) is 25.0 Å². The average Bonchev–Trinajstić information content (AvgIpc) is 3.08. The highest BCUT2D eigenvalue weighted by atomic mass is 16.5. The van der Waals surface area contributed by atoms with Crippen molar-refractivity contribution in [3.05, 3.63) is 59.1 Å². The summed E-state index contributed by atoms with van der Waals surface area (Å²) in [6.07, 6.45) is 3.94. The maximum atomic E-state index is 13.1. The molecule has 0 N–H and O–H groups in total. The van der Waals surface area contributed by atoms with Crippen LogP contribution in [0.5, 0.6) is 5.75 Å². The van der Waals surface area contributed by atoms with Gasteiger partial charge in [0.2, 0.25) is 0 Å². The first-order valence-electron chi connectivity index (χ1n) is 12.3. The molecule has 4 aromatic rings. The molecule has 1 aliphatic rings. The number of hydrogen-bond donors (Lipinski definition) is 0. The van der Waals surface area contributed by atoms with Gasteiger partial charge < -0.3 is 9.64 Å². The molecule has 2 aromatic heterocycles. The van der Waals surface area contributed by atoms with Crippen LogP contribution >= 0.6 is 0 Å². The summed E-state index contributed by atoms with van der Waals surface area (Å²) in [5.74, 6) is 1.54. The smallest absolute Gasteiger partial charge is 0.329 e. The van der Waals surface area contributed by atoms with Crippen LogP contribution in [0.4, 0.5) is 0 Å². The predicted molar refractivity (Wildman–Crippen MR) is 141 cm³/mol. The summed E-state index contributed by atoms with van der Waals surface area (Å²) >= 11 is 0. The van der Waals surface area contributed by atoms with Gasteiger partial charge in [0.05, 0.1) is 22.7 Å². The van der Waals surface area contributed by atoms with Crippen LogP contribution < -0.4 is 10.4 Å². The lowest BCUT2D eigenvalue weighted by atomic mass is 9.81. The minimum absolute atomic E-state index is 0.0517. The molecule has 0 amide bonds. The van der Waals surface area contributed by atoms with Crippen molar-refractivity contribution < 1.29 is 4.74 Å². The van der Waals surface area contributed by atoms with Gasteiger partial charge in [-0.3, -0.25) is 14.1 Å². The number of aromatic nitrogens is 3. The monoisotopic (exact) mass is 460 g/mol. The van der Waals surface area contributed by atoms with E-state index in [0.29, 0.717) is 12.5 Å². The van der Waals surface area contributed by atoms with Crippen molar-refractivity contribution >= 4 is 21.9 Å². The van der Waals surface area contributed by atoms with E-state index in [-0.39, 0.29) is 11.7 Å². The molecule has 0 atom stereocenters. The van der Waals surface area contributed by atoms with Gasteiger partial charge in [0.25, 0.3) is 0 Å². The van der Waals surface area contributed by atoms with Gasteiger partial charge >= 0.3 is 5.69 Å². The number of pyridine rings is 1. The lowest BCUT2D eigenvalue weighted by Crippen LogP contribution is -2.33. The Balaban J connectivity index is 0.00000133. The van der Waals surface area contributed by atoms with Crippen molar-refractivity contribution in [1.29, 1.82) is 0 Å². The zero-order valence-corrected chi connectivity index (χ0v) is 21.2. The molecule has 0 radical (unpaired) electrons. The van der Waals surface area contributed by atoms with E-state index in [1.807, 2.05) is 57.9 Å². The summed E-state index contributed by atoms with van der Waals surface area (Å²) < 4.78 is 9.57. The molecule has 1 fully saturated rings. The summed E-state index contributed by atoms with van der Waals surface area (Å²) in [6, 6.07) is 14.8. The molecule has 0 aliphatic heterocycles. The minimum Gasteiger partial charge on any atom is -0.492 e. The van der Waals surface area contributed by atoms with Gasteiger partial charge in [-0.15, -0.1) is 0 Å². The quantitative estimate of drug-likeness (QED) is 0.382. The number of imidazole rings is 1. The third-order valence-electron chi connectivity index (χ3n) is 6.62. The Morgan fingerprint density at radius 1 is 1.06 bits per heavy atom. The van der Waals surface area contributed by atoms with E-state index in [1.54, 1.807) is 4.57 Å². The normalized spacial score (nSPS) is 17.5. The standard InChI is InChI=1S/C26H30N4O2.C2H6/c1-17-13-20(14-17)30-25-22-15-19(7-10-23(22)27-16-24(25)29(4)26(30)31)18-5-8-21(9-6-18)32-12-11-28(2)3;1-2/h5-10,15-17,20H,11-14H2,1-4H3;1-2H3. The highest BCUT2D eigenvalue weighted by Crippen LogP contribution is 2.39. The Bertz CT molecular complexity index is 1330. The lowest BCUT2D eigenvalue weighted by Gasteiger charge is -2.33. The van der Waals surface area contributed by atoms with Gasteiger partial charge in [0.15, 0.2) is 0 Å². The lowest BCUT2D eigenvalue weighted by molar-refractivity contribution is 0.216. The first kappa shape index (κ1) is 24.0. The summed E-state index contributed by atoms with van der Waals surface area (Å²) in [4.78, 5) is 19.8. The van der Waals surface area contributed by atoms with Crippen LogP contribution in [0.25, 0.3) is 33.1 Å². The van der Waals surface area contributed by atoms with Crippen molar-refractivity contribution in [2.24, 2.45) is 13.0 Å². The fourth-order valence-corrected chi connectivity index (χ4v) is 4.71. The van der Waals surface area contributed by atoms with Gasteiger partial charge in [-0.2, -0.15) is 0 Å². The molecule has 0 bridgehead atoms. The van der Waals surface area contributed by atoms with E-state index in [9.17, 15) is 4.79 Å². The van der Waals surface area contributed by atoms with E-state index in [1.165, 1.54) is 0 Å². The molecule has 0 saturated heterocycles. The van der Waals surface area contributed by atoms with Crippen molar-refractivity contribution in [2.45, 2.75) is 39.7 Å². The van der Waals surface area contributed by atoms with E-state index < -0.39 is 0 Å². The molecule has 34 heavy (non-hydrogen) atoms. The second-order valence-electron chi connectivity index (χ2n) is 9.34. The van der Waals surface area contributed by atoms with Crippen molar-refractivity contribution in [3.8, 4) is 16.9 Å². The number of nitrogens with zero attached hydrogens (tertiary/aromatic N) is 4. The summed E-state index contributed by atoms with van der Waals surface area (Å²) in [5, 5.41) is 1.03. The Hall–Kier alpha value is -3.12. The summed E-state index contributed by atoms with van der Waals surface area (Å²) in [6.45, 7) is 7.80. The highest BCUT2D eigenvalue weighted by molar-refractivity contribution is 6.04. The summed E-state index contributed by atoms with van der Waals surface area (Å²) in [7, 11) is 5.92. The van der Waals surface area contributed by atoms with Gasteiger partial charge in [-0.05, 0) is 68.2 Å².